The Kier molecular flexibility index (Phi) is 4.32. The zero-order valence-electron chi connectivity index (χ0n) is 14.0. The van der Waals surface area contributed by atoms with Gasteiger partial charge in [-0.2, -0.15) is 0 Å². The Labute approximate surface area is 149 Å². The SMILES string of the molecule is O=C(NCc1ccccc1-c1ccncn1)c1[nH]c(=O)n2c1CNCC2. The van der Waals surface area contributed by atoms with Gasteiger partial charge in [-0.05, 0) is 11.6 Å². The number of fused-ring (bicyclic) bond motifs is 1. The lowest BCUT2D eigenvalue weighted by molar-refractivity contribution is 0.0944. The number of carbonyl (C=O) groups is 1. The number of hydrogen-bond acceptors (Lipinski definition) is 5. The number of aromatic amines is 1. The van der Waals surface area contributed by atoms with E-state index in [4.69, 9.17) is 0 Å². The Hall–Kier alpha value is -3.26. The molecule has 1 aliphatic rings. The van der Waals surface area contributed by atoms with Gasteiger partial charge >= 0.3 is 5.69 Å². The minimum Gasteiger partial charge on any atom is -0.347 e. The van der Waals surface area contributed by atoms with E-state index in [1.807, 2.05) is 30.3 Å². The number of amides is 1. The first-order valence-electron chi connectivity index (χ1n) is 8.39. The third-order valence-corrected chi connectivity index (χ3v) is 4.44. The van der Waals surface area contributed by atoms with E-state index in [-0.39, 0.29) is 11.6 Å². The molecule has 0 saturated carbocycles. The summed E-state index contributed by atoms with van der Waals surface area (Å²) in [5, 5.41) is 6.08. The van der Waals surface area contributed by atoms with Crippen LogP contribution in [0.5, 0.6) is 0 Å². The van der Waals surface area contributed by atoms with Gasteiger partial charge in [0, 0.05) is 37.9 Å². The molecule has 0 saturated heterocycles. The van der Waals surface area contributed by atoms with Crippen molar-refractivity contribution in [3.8, 4) is 11.3 Å². The molecule has 3 N–H and O–H groups in total. The molecular formula is C18H18N6O2. The minimum absolute atomic E-state index is 0.243. The van der Waals surface area contributed by atoms with Crippen LogP contribution in [-0.4, -0.2) is 32.0 Å². The molecule has 1 amide bonds. The van der Waals surface area contributed by atoms with E-state index in [0.717, 1.165) is 23.4 Å². The van der Waals surface area contributed by atoms with Gasteiger partial charge in [0.05, 0.1) is 11.4 Å². The van der Waals surface area contributed by atoms with E-state index < -0.39 is 0 Å². The van der Waals surface area contributed by atoms with Crippen LogP contribution >= 0.6 is 0 Å². The highest BCUT2D eigenvalue weighted by Crippen LogP contribution is 2.21. The molecule has 8 heteroatoms. The average Bonchev–Trinajstić information content (AvgIpc) is 3.04. The van der Waals surface area contributed by atoms with Crippen molar-refractivity contribution in [1.82, 2.24) is 30.2 Å². The minimum atomic E-state index is -0.294. The predicted molar refractivity (Wildman–Crippen MR) is 95.4 cm³/mol. The van der Waals surface area contributed by atoms with Crippen LogP contribution in [-0.2, 0) is 19.6 Å². The van der Waals surface area contributed by atoms with Crippen LogP contribution in [0.1, 0.15) is 21.7 Å². The molecule has 0 fully saturated rings. The van der Waals surface area contributed by atoms with Crippen molar-refractivity contribution in [2.75, 3.05) is 6.54 Å². The lowest BCUT2D eigenvalue weighted by Gasteiger charge is -2.16. The van der Waals surface area contributed by atoms with Gasteiger partial charge in [0.2, 0.25) is 0 Å². The van der Waals surface area contributed by atoms with E-state index >= 15 is 0 Å². The summed E-state index contributed by atoms with van der Waals surface area (Å²) in [4.78, 5) is 35.5. The molecule has 2 aromatic heterocycles. The van der Waals surface area contributed by atoms with Gasteiger partial charge in [0.1, 0.15) is 12.0 Å². The predicted octanol–water partition coefficient (Wildman–Crippen LogP) is 0.667. The number of H-pyrrole nitrogens is 1. The maximum atomic E-state index is 12.6. The van der Waals surface area contributed by atoms with Gasteiger partial charge < -0.3 is 15.6 Å². The third-order valence-electron chi connectivity index (χ3n) is 4.44. The molecule has 0 radical (unpaired) electrons. The van der Waals surface area contributed by atoms with Crippen LogP contribution < -0.4 is 16.3 Å². The maximum Gasteiger partial charge on any atom is 0.326 e. The van der Waals surface area contributed by atoms with Gasteiger partial charge in [-0.3, -0.25) is 9.36 Å². The van der Waals surface area contributed by atoms with E-state index in [1.165, 1.54) is 6.33 Å². The van der Waals surface area contributed by atoms with Crippen molar-refractivity contribution in [1.29, 1.82) is 0 Å². The fourth-order valence-electron chi connectivity index (χ4n) is 3.15. The van der Waals surface area contributed by atoms with E-state index in [0.29, 0.717) is 31.0 Å². The Balaban J connectivity index is 1.56. The average molecular weight is 350 g/mol. The summed E-state index contributed by atoms with van der Waals surface area (Å²) in [7, 11) is 0. The van der Waals surface area contributed by atoms with Gasteiger partial charge in [0.15, 0.2) is 0 Å². The van der Waals surface area contributed by atoms with Crippen LogP contribution in [0.2, 0.25) is 0 Å². The summed E-state index contributed by atoms with van der Waals surface area (Å²) in [6, 6.07) is 9.56. The van der Waals surface area contributed by atoms with Gasteiger partial charge in [0.25, 0.3) is 5.91 Å². The number of nitrogens with zero attached hydrogens (tertiary/aromatic N) is 3. The fraction of sp³-hybridized carbons (Fsp3) is 0.222. The van der Waals surface area contributed by atoms with Crippen molar-refractivity contribution in [2.45, 2.75) is 19.6 Å². The van der Waals surface area contributed by atoms with Crippen LogP contribution in [0.25, 0.3) is 11.3 Å². The number of aromatic nitrogens is 4. The summed E-state index contributed by atoms with van der Waals surface area (Å²) in [6.07, 6.45) is 3.18. The van der Waals surface area contributed by atoms with Crippen LogP contribution in [0, 0.1) is 0 Å². The first-order valence-corrected chi connectivity index (χ1v) is 8.39. The highest BCUT2D eigenvalue weighted by atomic mass is 16.2. The molecule has 3 aromatic rings. The zero-order valence-corrected chi connectivity index (χ0v) is 14.0. The molecule has 0 atom stereocenters. The Morgan fingerprint density at radius 2 is 2.15 bits per heavy atom. The van der Waals surface area contributed by atoms with Gasteiger partial charge in [-0.25, -0.2) is 14.8 Å². The summed E-state index contributed by atoms with van der Waals surface area (Å²) in [6.45, 7) is 2.12. The van der Waals surface area contributed by atoms with Crippen molar-refractivity contribution >= 4 is 5.91 Å². The molecule has 8 nitrogen and oxygen atoms in total. The third kappa shape index (κ3) is 3.02. The standard InChI is InChI=1S/C18H18N6O2/c25-17(16-15-10-19-7-8-24(15)18(26)23-16)21-9-12-3-1-2-4-13(12)14-5-6-20-11-22-14/h1-6,11,19H,7-10H2,(H,21,25)(H,23,26). The molecule has 0 aliphatic carbocycles. The number of imidazole rings is 1. The lowest BCUT2D eigenvalue weighted by Crippen LogP contribution is -2.33. The first kappa shape index (κ1) is 16.2. The second-order valence-corrected chi connectivity index (χ2v) is 6.01. The first-order chi connectivity index (χ1) is 12.7. The highest BCUT2D eigenvalue weighted by Gasteiger charge is 2.21. The van der Waals surface area contributed by atoms with Crippen molar-refractivity contribution in [3.05, 3.63) is 70.3 Å². The monoisotopic (exact) mass is 350 g/mol. The molecule has 0 spiro atoms. The normalized spacial score (nSPS) is 13.2. The fourth-order valence-corrected chi connectivity index (χ4v) is 3.15. The molecule has 0 bridgehead atoms. The largest absolute Gasteiger partial charge is 0.347 e. The van der Waals surface area contributed by atoms with Crippen molar-refractivity contribution in [3.63, 3.8) is 0 Å². The van der Waals surface area contributed by atoms with E-state index in [1.54, 1.807) is 10.8 Å². The second kappa shape index (κ2) is 6.93. The highest BCUT2D eigenvalue weighted by molar-refractivity contribution is 5.93. The molecule has 1 aromatic carbocycles. The number of hydrogen-bond donors (Lipinski definition) is 3. The summed E-state index contributed by atoms with van der Waals surface area (Å²) in [5.41, 5.74) is 3.44. The number of carbonyl (C=O) groups excluding carboxylic acids is 1. The number of rotatable bonds is 4. The topological polar surface area (TPSA) is 105 Å². The smallest absolute Gasteiger partial charge is 0.326 e. The summed E-state index contributed by atoms with van der Waals surface area (Å²) < 4.78 is 1.61. The van der Waals surface area contributed by atoms with Crippen LogP contribution in [0.3, 0.4) is 0 Å². The van der Waals surface area contributed by atoms with Crippen molar-refractivity contribution in [2.24, 2.45) is 0 Å². The summed E-state index contributed by atoms with van der Waals surface area (Å²) >= 11 is 0. The Morgan fingerprint density at radius 3 is 3.00 bits per heavy atom. The number of nitrogens with one attached hydrogen (secondary N) is 3. The van der Waals surface area contributed by atoms with E-state index in [2.05, 4.69) is 25.6 Å². The quantitative estimate of drug-likeness (QED) is 0.641. The molecule has 132 valence electrons. The molecule has 4 rings (SSSR count). The van der Waals surface area contributed by atoms with Gasteiger partial charge in [-0.15, -0.1) is 0 Å². The van der Waals surface area contributed by atoms with E-state index in [9.17, 15) is 9.59 Å². The maximum absolute atomic E-state index is 12.6. The Bertz CT molecular complexity index is 992. The van der Waals surface area contributed by atoms with Crippen LogP contribution in [0.4, 0.5) is 0 Å². The molecule has 1 aliphatic heterocycles. The molecule has 3 heterocycles. The van der Waals surface area contributed by atoms with Gasteiger partial charge in [-0.1, -0.05) is 24.3 Å². The van der Waals surface area contributed by atoms with Crippen molar-refractivity contribution < 1.29 is 4.79 Å². The number of benzene rings is 1. The molecule has 26 heavy (non-hydrogen) atoms. The Morgan fingerprint density at radius 1 is 1.27 bits per heavy atom. The zero-order chi connectivity index (χ0) is 17.9. The molecular weight excluding hydrogens is 332 g/mol. The van der Waals surface area contributed by atoms with Crippen LogP contribution in [0.15, 0.2) is 47.7 Å². The molecule has 0 unspecified atom stereocenters. The second-order valence-electron chi connectivity index (χ2n) is 6.01. The summed E-state index contributed by atoms with van der Waals surface area (Å²) in [5.74, 6) is -0.294. The lowest BCUT2D eigenvalue weighted by atomic mass is 10.0.